The van der Waals surface area contributed by atoms with Gasteiger partial charge in [-0.1, -0.05) is 56.9 Å². The second-order valence-electron chi connectivity index (χ2n) is 5.40. The molecule has 0 rings (SSSR count). The fourth-order valence-corrected chi connectivity index (χ4v) is 2.31. The molecule has 0 atom stereocenters. The molecule has 0 radical (unpaired) electrons. The predicted octanol–water partition coefficient (Wildman–Crippen LogP) is 5.88. The average molecular weight is 280 g/mol. The Morgan fingerprint density at radius 1 is 0.850 bits per heavy atom. The van der Waals surface area contributed by atoms with Crippen molar-refractivity contribution in [2.45, 2.75) is 84.5 Å². The van der Waals surface area contributed by atoms with Gasteiger partial charge in [0.15, 0.2) is 0 Å². The number of hydrogen-bond donors (Lipinski definition) is 1. The second-order valence-corrected chi connectivity index (χ2v) is 5.40. The molecule has 0 aromatic carbocycles. The van der Waals surface area contributed by atoms with E-state index >= 15 is 0 Å². The summed E-state index contributed by atoms with van der Waals surface area (Å²) in [6, 6.07) is 0. The van der Waals surface area contributed by atoms with Crippen LogP contribution in [0.2, 0.25) is 0 Å². The van der Waals surface area contributed by atoms with E-state index in [0.717, 1.165) is 38.5 Å². The summed E-state index contributed by atoms with van der Waals surface area (Å²) in [6.07, 6.45) is 18.6. The summed E-state index contributed by atoms with van der Waals surface area (Å²) in [5, 5.41) is 8.51. The van der Waals surface area contributed by atoms with Crippen LogP contribution in [-0.4, -0.2) is 11.1 Å². The number of carboxylic acid groups (broad SMARTS) is 1. The first-order valence-electron chi connectivity index (χ1n) is 8.25. The molecule has 0 aliphatic heterocycles. The van der Waals surface area contributed by atoms with Crippen molar-refractivity contribution in [2.24, 2.45) is 0 Å². The summed E-state index contributed by atoms with van der Waals surface area (Å²) in [5.41, 5.74) is 1.62. The van der Waals surface area contributed by atoms with E-state index in [2.05, 4.69) is 32.1 Å². The van der Waals surface area contributed by atoms with Gasteiger partial charge in [-0.15, -0.1) is 0 Å². The van der Waals surface area contributed by atoms with Crippen molar-refractivity contribution in [3.63, 3.8) is 0 Å². The van der Waals surface area contributed by atoms with Gasteiger partial charge in [0.25, 0.3) is 0 Å². The Kier molecular flexibility index (Phi) is 13.6. The predicted molar refractivity (Wildman–Crippen MR) is 87.0 cm³/mol. The van der Waals surface area contributed by atoms with Crippen LogP contribution in [0.3, 0.4) is 0 Å². The molecule has 0 unspecified atom stereocenters. The second kappa shape index (κ2) is 14.4. The molecule has 0 aliphatic carbocycles. The van der Waals surface area contributed by atoms with Gasteiger partial charge in [0.1, 0.15) is 0 Å². The number of carbonyl (C=O) groups is 1. The summed E-state index contributed by atoms with van der Waals surface area (Å²) in [5.74, 6) is -0.678. The van der Waals surface area contributed by atoms with E-state index in [0.29, 0.717) is 6.42 Å². The molecule has 0 saturated carbocycles. The van der Waals surface area contributed by atoms with Gasteiger partial charge in [-0.25, -0.2) is 0 Å². The highest BCUT2D eigenvalue weighted by Crippen LogP contribution is 2.13. The zero-order valence-electron chi connectivity index (χ0n) is 13.4. The van der Waals surface area contributed by atoms with E-state index < -0.39 is 5.97 Å². The SMILES string of the molecule is CCCC(=CCCC=CCCCCCC(=O)O)CCC. The quantitative estimate of drug-likeness (QED) is 0.337. The van der Waals surface area contributed by atoms with Crippen molar-refractivity contribution in [3.05, 3.63) is 23.8 Å². The molecule has 0 bridgehead atoms. The molecular formula is C18H32O2. The zero-order chi connectivity index (χ0) is 15.1. The summed E-state index contributed by atoms with van der Waals surface area (Å²) in [6.45, 7) is 4.49. The lowest BCUT2D eigenvalue weighted by atomic mass is 10.0. The Morgan fingerprint density at radius 2 is 1.50 bits per heavy atom. The maximum atomic E-state index is 10.3. The van der Waals surface area contributed by atoms with Crippen LogP contribution in [0.5, 0.6) is 0 Å². The number of hydrogen-bond acceptors (Lipinski definition) is 1. The van der Waals surface area contributed by atoms with Crippen LogP contribution in [-0.2, 0) is 4.79 Å². The van der Waals surface area contributed by atoms with Gasteiger partial charge in [-0.2, -0.15) is 0 Å². The van der Waals surface area contributed by atoms with E-state index in [1.807, 2.05) is 0 Å². The third-order valence-corrected chi connectivity index (χ3v) is 3.34. The number of allylic oxidation sites excluding steroid dienone is 4. The lowest BCUT2D eigenvalue weighted by Gasteiger charge is -2.03. The number of rotatable bonds is 13. The lowest BCUT2D eigenvalue weighted by molar-refractivity contribution is -0.137. The molecular weight excluding hydrogens is 248 g/mol. The maximum Gasteiger partial charge on any atom is 0.303 e. The first-order valence-corrected chi connectivity index (χ1v) is 8.25. The first-order chi connectivity index (χ1) is 9.70. The van der Waals surface area contributed by atoms with Gasteiger partial charge in [0.05, 0.1) is 0 Å². The minimum absolute atomic E-state index is 0.312. The molecule has 116 valence electrons. The fraction of sp³-hybridized carbons (Fsp3) is 0.722. The van der Waals surface area contributed by atoms with Crippen molar-refractivity contribution < 1.29 is 9.90 Å². The average Bonchev–Trinajstić information content (AvgIpc) is 2.41. The molecule has 2 heteroatoms. The standard InChI is InChI=1S/C18H32O2/c1-3-13-17(14-4-2)15-11-9-7-5-6-8-10-12-16-18(19)20/h5,7,15H,3-4,6,8-14,16H2,1-2H3,(H,19,20). The van der Waals surface area contributed by atoms with Gasteiger partial charge in [0, 0.05) is 6.42 Å². The van der Waals surface area contributed by atoms with Gasteiger partial charge >= 0.3 is 5.97 Å². The summed E-state index contributed by atoms with van der Waals surface area (Å²) in [7, 11) is 0. The number of unbranched alkanes of at least 4 members (excludes halogenated alkanes) is 4. The van der Waals surface area contributed by atoms with Gasteiger partial charge in [-0.05, 0) is 44.9 Å². The normalized spacial score (nSPS) is 10.9. The van der Waals surface area contributed by atoms with Crippen LogP contribution in [0.25, 0.3) is 0 Å². The van der Waals surface area contributed by atoms with Crippen LogP contribution in [0.4, 0.5) is 0 Å². The first kappa shape index (κ1) is 18.9. The highest BCUT2D eigenvalue weighted by molar-refractivity contribution is 5.66. The topological polar surface area (TPSA) is 37.3 Å². The van der Waals surface area contributed by atoms with Crippen molar-refractivity contribution in [2.75, 3.05) is 0 Å². The monoisotopic (exact) mass is 280 g/mol. The van der Waals surface area contributed by atoms with Crippen LogP contribution >= 0.6 is 0 Å². The third-order valence-electron chi connectivity index (χ3n) is 3.34. The van der Waals surface area contributed by atoms with E-state index in [1.165, 1.54) is 25.7 Å². The van der Waals surface area contributed by atoms with Crippen LogP contribution in [0.15, 0.2) is 23.8 Å². The highest BCUT2D eigenvalue weighted by Gasteiger charge is 1.95. The number of carboxylic acids is 1. The molecule has 0 heterocycles. The molecule has 2 nitrogen and oxygen atoms in total. The molecule has 0 spiro atoms. The minimum atomic E-state index is -0.678. The smallest absolute Gasteiger partial charge is 0.303 e. The maximum absolute atomic E-state index is 10.3. The van der Waals surface area contributed by atoms with Crippen molar-refractivity contribution in [1.29, 1.82) is 0 Å². The Bertz CT molecular complexity index is 282. The zero-order valence-corrected chi connectivity index (χ0v) is 13.4. The van der Waals surface area contributed by atoms with E-state index in [1.54, 1.807) is 5.57 Å². The van der Waals surface area contributed by atoms with Crippen molar-refractivity contribution >= 4 is 5.97 Å². The molecule has 0 amide bonds. The molecule has 0 saturated heterocycles. The minimum Gasteiger partial charge on any atom is -0.481 e. The molecule has 0 aromatic heterocycles. The Hall–Kier alpha value is -1.05. The van der Waals surface area contributed by atoms with Gasteiger partial charge in [-0.3, -0.25) is 4.79 Å². The van der Waals surface area contributed by atoms with Gasteiger partial charge < -0.3 is 5.11 Å². The lowest BCUT2D eigenvalue weighted by Crippen LogP contribution is -1.93. The highest BCUT2D eigenvalue weighted by atomic mass is 16.4. The Morgan fingerprint density at radius 3 is 2.10 bits per heavy atom. The molecule has 20 heavy (non-hydrogen) atoms. The largest absolute Gasteiger partial charge is 0.481 e. The Balaban J connectivity index is 3.55. The molecule has 0 fully saturated rings. The van der Waals surface area contributed by atoms with E-state index in [-0.39, 0.29) is 0 Å². The molecule has 0 aromatic rings. The summed E-state index contributed by atoms with van der Waals surface area (Å²) >= 11 is 0. The Labute approximate surface area is 125 Å². The summed E-state index contributed by atoms with van der Waals surface area (Å²) in [4.78, 5) is 10.3. The van der Waals surface area contributed by atoms with Crippen molar-refractivity contribution in [1.82, 2.24) is 0 Å². The third kappa shape index (κ3) is 13.4. The van der Waals surface area contributed by atoms with Crippen LogP contribution in [0, 0.1) is 0 Å². The molecule has 0 aliphatic rings. The van der Waals surface area contributed by atoms with E-state index in [4.69, 9.17) is 5.11 Å². The van der Waals surface area contributed by atoms with Crippen LogP contribution < -0.4 is 0 Å². The van der Waals surface area contributed by atoms with Gasteiger partial charge in [0.2, 0.25) is 0 Å². The summed E-state index contributed by atoms with van der Waals surface area (Å²) < 4.78 is 0. The fourth-order valence-electron chi connectivity index (χ4n) is 2.31. The van der Waals surface area contributed by atoms with Crippen LogP contribution in [0.1, 0.15) is 84.5 Å². The van der Waals surface area contributed by atoms with Crippen molar-refractivity contribution in [3.8, 4) is 0 Å². The number of aliphatic carboxylic acids is 1. The molecule has 1 N–H and O–H groups in total. The van der Waals surface area contributed by atoms with E-state index in [9.17, 15) is 4.79 Å².